The minimum atomic E-state index is -4.68. The van der Waals surface area contributed by atoms with E-state index in [9.17, 15) is 18.0 Å². The lowest BCUT2D eigenvalue weighted by Crippen LogP contribution is -2.16. The quantitative estimate of drug-likeness (QED) is 0.608. The topological polar surface area (TPSA) is 39.4 Å². The van der Waals surface area contributed by atoms with Gasteiger partial charge in [0, 0.05) is 22.7 Å². The normalized spacial score (nSPS) is 10.8. The van der Waals surface area contributed by atoms with Crippen LogP contribution in [0.2, 0.25) is 0 Å². The molecule has 0 amide bonds. The second-order valence-electron chi connectivity index (χ2n) is 5.36. The standard InChI is InChI=1S/C12H9F3O3S.C7H8/c13-12(14,15)18-9-6-10(19-7-9)5-4-8-2-1-3-11(16)17-8;1-7-5-3-2-4-6-7/h1-3,6-7H,4-5H2;2-6H,1H3. The van der Waals surface area contributed by atoms with E-state index in [1.165, 1.54) is 34.4 Å². The Balaban J connectivity index is 0.000000290. The highest BCUT2D eigenvalue weighted by Gasteiger charge is 2.31. The largest absolute Gasteiger partial charge is 0.573 e. The maximum atomic E-state index is 12.0. The minimum absolute atomic E-state index is 0.220. The van der Waals surface area contributed by atoms with E-state index >= 15 is 0 Å². The molecular weight excluding hydrogens is 365 g/mol. The molecule has 0 aliphatic rings. The first kappa shape index (κ1) is 19.8. The van der Waals surface area contributed by atoms with Gasteiger partial charge in [-0.15, -0.1) is 24.5 Å². The van der Waals surface area contributed by atoms with Gasteiger partial charge in [0.1, 0.15) is 11.5 Å². The number of hydrogen-bond donors (Lipinski definition) is 0. The van der Waals surface area contributed by atoms with Gasteiger partial charge in [0.2, 0.25) is 0 Å². The molecule has 0 aliphatic carbocycles. The molecule has 26 heavy (non-hydrogen) atoms. The van der Waals surface area contributed by atoms with Crippen LogP contribution >= 0.6 is 11.3 Å². The number of benzene rings is 1. The Morgan fingerprint density at radius 1 is 1.04 bits per heavy atom. The average molecular weight is 382 g/mol. The second-order valence-corrected chi connectivity index (χ2v) is 6.36. The molecule has 0 aliphatic heterocycles. The molecule has 3 rings (SSSR count). The summed E-state index contributed by atoms with van der Waals surface area (Å²) in [6.07, 6.45) is -3.74. The van der Waals surface area contributed by atoms with E-state index in [1.807, 2.05) is 18.2 Å². The Kier molecular flexibility index (Phi) is 7.03. The van der Waals surface area contributed by atoms with Gasteiger partial charge in [-0.1, -0.05) is 42.0 Å². The second kappa shape index (κ2) is 9.24. The number of rotatable bonds is 4. The van der Waals surface area contributed by atoms with Gasteiger partial charge in [-0.25, -0.2) is 4.79 Å². The SMILES string of the molecule is Cc1ccccc1.O=c1cccc(CCc2cc(OC(F)(F)F)cs2)o1. The van der Waals surface area contributed by atoms with E-state index in [4.69, 9.17) is 4.42 Å². The van der Waals surface area contributed by atoms with Crippen LogP contribution < -0.4 is 10.4 Å². The summed E-state index contributed by atoms with van der Waals surface area (Å²) in [6, 6.07) is 16.1. The van der Waals surface area contributed by atoms with Gasteiger partial charge in [0.05, 0.1) is 0 Å². The summed E-state index contributed by atoms with van der Waals surface area (Å²) in [6.45, 7) is 2.08. The Morgan fingerprint density at radius 2 is 1.77 bits per heavy atom. The van der Waals surface area contributed by atoms with E-state index in [0.717, 1.165) is 4.88 Å². The predicted octanol–water partition coefficient (Wildman–Crippen LogP) is 5.38. The van der Waals surface area contributed by atoms with Crippen molar-refractivity contribution < 1.29 is 22.3 Å². The number of hydrogen-bond acceptors (Lipinski definition) is 4. The van der Waals surface area contributed by atoms with Crippen LogP contribution in [-0.2, 0) is 12.8 Å². The summed E-state index contributed by atoms with van der Waals surface area (Å²) in [5, 5.41) is 1.30. The smallest absolute Gasteiger partial charge is 0.428 e. The molecule has 0 saturated carbocycles. The van der Waals surface area contributed by atoms with Gasteiger partial charge in [0.15, 0.2) is 0 Å². The third kappa shape index (κ3) is 7.57. The average Bonchev–Trinajstić information content (AvgIpc) is 3.00. The molecule has 138 valence electrons. The summed E-state index contributed by atoms with van der Waals surface area (Å²) >= 11 is 1.17. The molecular formula is C19H17F3O3S. The van der Waals surface area contributed by atoms with Crippen LogP contribution in [-0.4, -0.2) is 6.36 Å². The van der Waals surface area contributed by atoms with Crippen molar-refractivity contribution in [1.82, 2.24) is 0 Å². The minimum Gasteiger partial charge on any atom is -0.428 e. The maximum Gasteiger partial charge on any atom is 0.573 e. The lowest BCUT2D eigenvalue weighted by Gasteiger charge is -2.05. The number of alkyl halides is 3. The highest BCUT2D eigenvalue weighted by molar-refractivity contribution is 7.10. The molecule has 0 N–H and O–H groups in total. The van der Waals surface area contributed by atoms with E-state index in [1.54, 1.807) is 12.1 Å². The van der Waals surface area contributed by atoms with Crippen molar-refractivity contribution in [3.63, 3.8) is 0 Å². The fraction of sp³-hybridized carbons (Fsp3) is 0.211. The summed E-state index contributed by atoms with van der Waals surface area (Å²) in [4.78, 5) is 11.7. The van der Waals surface area contributed by atoms with Crippen molar-refractivity contribution in [2.24, 2.45) is 0 Å². The van der Waals surface area contributed by atoms with E-state index < -0.39 is 12.0 Å². The molecule has 0 atom stereocenters. The van der Waals surface area contributed by atoms with Crippen molar-refractivity contribution in [2.75, 3.05) is 0 Å². The van der Waals surface area contributed by atoms with Gasteiger partial charge < -0.3 is 9.15 Å². The third-order valence-electron chi connectivity index (χ3n) is 3.17. The third-order valence-corrected chi connectivity index (χ3v) is 4.14. The Labute approximate surface area is 152 Å². The lowest BCUT2D eigenvalue weighted by atomic mass is 10.2. The molecule has 1 aromatic carbocycles. The van der Waals surface area contributed by atoms with Gasteiger partial charge in [-0.3, -0.25) is 0 Å². The first-order chi connectivity index (χ1) is 12.3. The monoisotopic (exact) mass is 382 g/mol. The van der Waals surface area contributed by atoms with Crippen LogP contribution in [0.4, 0.5) is 13.2 Å². The van der Waals surface area contributed by atoms with Gasteiger partial charge in [-0.2, -0.15) is 0 Å². The number of thiophene rings is 1. The van der Waals surface area contributed by atoms with Gasteiger partial charge in [-0.05, 0) is 25.5 Å². The fourth-order valence-electron chi connectivity index (χ4n) is 2.03. The molecule has 0 unspecified atom stereocenters. The summed E-state index contributed by atoms with van der Waals surface area (Å²) in [5.41, 5.74) is 0.882. The Bertz CT molecular complexity index is 854. The van der Waals surface area contributed by atoms with Crippen molar-refractivity contribution >= 4 is 11.3 Å². The fourth-order valence-corrected chi connectivity index (χ4v) is 2.81. The van der Waals surface area contributed by atoms with Crippen molar-refractivity contribution in [3.05, 3.63) is 86.6 Å². The summed E-state index contributed by atoms with van der Waals surface area (Å²) < 4.78 is 44.7. The Hall–Kier alpha value is -2.54. The van der Waals surface area contributed by atoms with Crippen LogP contribution in [0.5, 0.6) is 5.75 Å². The zero-order valence-corrected chi connectivity index (χ0v) is 14.8. The molecule has 2 aromatic heterocycles. The number of aryl methyl sites for hydroxylation is 3. The Morgan fingerprint density at radius 3 is 2.35 bits per heavy atom. The first-order valence-electron chi connectivity index (χ1n) is 7.76. The molecule has 2 heterocycles. The van der Waals surface area contributed by atoms with Crippen LogP contribution in [0.1, 0.15) is 16.2 Å². The van der Waals surface area contributed by atoms with Crippen LogP contribution in [0, 0.1) is 6.92 Å². The van der Waals surface area contributed by atoms with Crippen molar-refractivity contribution in [3.8, 4) is 5.75 Å². The summed E-state index contributed by atoms with van der Waals surface area (Å²) in [5.74, 6) is 0.279. The molecule has 3 nitrogen and oxygen atoms in total. The van der Waals surface area contributed by atoms with Crippen LogP contribution in [0.3, 0.4) is 0 Å². The zero-order valence-electron chi connectivity index (χ0n) is 14.0. The maximum absolute atomic E-state index is 12.0. The molecule has 3 aromatic rings. The van der Waals surface area contributed by atoms with Crippen LogP contribution in [0.25, 0.3) is 0 Å². The zero-order chi connectivity index (χ0) is 19.0. The van der Waals surface area contributed by atoms with E-state index in [2.05, 4.69) is 23.8 Å². The van der Waals surface area contributed by atoms with Crippen molar-refractivity contribution in [1.29, 1.82) is 0 Å². The molecule has 0 radical (unpaired) electrons. The molecule has 0 saturated heterocycles. The lowest BCUT2D eigenvalue weighted by molar-refractivity contribution is -0.274. The molecule has 7 heteroatoms. The highest BCUT2D eigenvalue weighted by Crippen LogP contribution is 2.28. The number of halogens is 3. The molecule has 0 spiro atoms. The predicted molar refractivity (Wildman–Crippen MR) is 94.6 cm³/mol. The number of ether oxygens (including phenoxy) is 1. The van der Waals surface area contributed by atoms with Crippen molar-refractivity contribution in [2.45, 2.75) is 26.1 Å². The van der Waals surface area contributed by atoms with Gasteiger partial charge in [0.25, 0.3) is 0 Å². The molecule has 0 bridgehead atoms. The highest BCUT2D eigenvalue weighted by atomic mass is 32.1. The molecule has 0 fully saturated rings. The van der Waals surface area contributed by atoms with E-state index in [-0.39, 0.29) is 5.75 Å². The summed E-state index contributed by atoms with van der Waals surface area (Å²) in [7, 11) is 0. The van der Waals surface area contributed by atoms with Crippen LogP contribution in [0.15, 0.2) is 69.2 Å². The van der Waals surface area contributed by atoms with Gasteiger partial charge >= 0.3 is 12.0 Å². The first-order valence-corrected chi connectivity index (χ1v) is 8.63. The van der Waals surface area contributed by atoms with E-state index in [0.29, 0.717) is 18.6 Å².